The Kier molecular flexibility index (Phi) is 4.69. The van der Waals surface area contributed by atoms with E-state index in [1.54, 1.807) is 6.20 Å². The second kappa shape index (κ2) is 6.16. The Hall–Kier alpha value is -1.39. The average Bonchev–Trinajstić information content (AvgIpc) is 2.83. The monoisotopic (exact) mass is 309 g/mol. The molecule has 6 heteroatoms. The predicted molar refractivity (Wildman–Crippen MR) is 83.4 cm³/mol. The molecule has 5 nitrogen and oxygen atoms in total. The maximum absolute atomic E-state index is 11.2. The molecule has 21 heavy (non-hydrogen) atoms. The number of aromatic nitrogens is 1. The third-order valence-corrected chi connectivity index (χ3v) is 4.12. The van der Waals surface area contributed by atoms with Crippen molar-refractivity contribution in [2.75, 3.05) is 13.3 Å². The van der Waals surface area contributed by atoms with Crippen molar-refractivity contribution in [3.63, 3.8) is 0 Å². The quantitative estimate of drug-likeness (QED) is 0.565. The molecule has 3 N–H and O–H groups in total. The van der Waals surface area contributed by atoms with E-state index in [1.807, 2.05) is 25.1 Å². The van der Waals surface area contributed by atoms with Crippen LogP contribution in [0.1, 0.15) is 17.2 Å². The molecule has 0 aliphatic rings. The number of nitrogens with one attached hydrogen (secondary N) is 1. The van der Waals surface area contributed by atoms with Gasteiger partial charge in [-0.1, -0.05) is 24.3 Å². The van der Waals surface area contributed by atoms with Gasteiger partial charge in [0.25, 0.3) is 0 Å². The minimum absolute atomic E-state index is 0.0621. The highest BCUT2D eigenvalue weighted by Crippen LogP contribution is 2.39. The van der Waals surface area contributed by atoms with Crippen LogP contribution >= 0.6 is 7.60 Å². The molecule has 1 aromatic carbocycles. The van der Waals surface area contributed by atoms with Crippen LogP contribution in [0.5, 0.6) is 0 Å². The van der Waals surface area contributed by atoms with Gasteiger partial charge in [0.2, 0.25) is 0 Å². The number of para-hydroxylation sites is 1. The van der Waals surface area contributed by atoms with Gasteiger partial charge in [-0.3, -0.25) is 4.57 Å². The van der Waals surface area contributed by atoms with Crippen molar-refractivity contribution in [3.05, 3.63) is 48.2 Å². The topological polar surface area (TPSA) is 82.6 Å². The number of aliphatic hydroxyl groups excluding tert-OH is 1. The Morgan fingerprint density at radius 3 is 2.86 bits per heavy atom. The molecule has 0 fully saturated rings. The Morgan fingerprint density at radius 2 is 2.24 bits per heavy atom. The second-order valence-electron chi connectivity index (χ2n) is 5.18. The first-order chi connectivity index (χ1) is 9.83. The van der Waals surface area contributed by atoms with Gasteiger partial charge in [0.15, 0.2) is 0 Å². The molecule has 1 unspecified atom stereocenters. The zero-order chi connectivity index (χ0) is 15.6. The molecule has 2 rings (SSSR count). The fraction of sp³-hybridized carbons (Fsp3) is 0.333. The van der Waals surface area contributed by atoms with E-state index in [2.05, 4.69) is 11.6 Å². The van der Waals surface area contributed by atoms with E-state index < -0.39 is 19.6 Å². The number of hydrogen-bond acceptors (Lipinski definition) is 3. The summed E-state index contributed by atoms with van der Waals surface area (Å²) < 4.78 is 16.1. The van der Waals surface area contributed by atoms with Gasteiger partial charge in [-0.05, 0) is 12.5 Å². The van der Waals surface area contributed by atoms with Gasteiger partial charge in [-0.25, -0.2) is 0 Å². The first-order valence-corrected chi connectivity index (χ1v) is 8.68. The van der Waals surface area contributed by atoms with Crippen LogP contribution in [0.4, 0.5) is 0 Å². The number of aryl methyl sites for hydroxylation is 1. The number of benzene rings is 1. The minimum Gasteiger partial charge on any atom is -0.388 e. The Bertz CT molecular complexity index is 688. The van der Waals surface area contributed by atoms with Gasteiger partial charge >= 0.3 is 7.60 Å². The van der Waals surface area contributed by atoms with E-state index in [4.69, 9.17) is 4.52 Å². The third-order valence-electron chi connectivity index (χ3n) is 3.49. The molecule has 1 aromatic heterocycles. The van der Waals surface area contributed by atoms with Crippen molar-refractivity contribution in [1.29, 1.82) is 0 Å². The highest BCUT2D eigenvalue weighted by Gasteiger charge is 2.24. The molecule has 0 bridgehead atoms. The number of aromatic amines is 1. The van der Waals surface area contributed by atoms with Crippen molar-refractivity contribution in [1.82, 2.24) is 4.98 Å². The van der Waals surface area contributed by atoms with Gasteiger partial charge < -0.3 is 19.5 Å². The standard InChI is InChI=1S/C15H20NO4P/c1-4-11(9-20-21(3,18)19)15(17)13-8-16-14-10(2)6-5-7-12(13)14/h4-8,11,15-17H,1,9H2,2-3H3,(H,18,19)/t11-,15-/m1/s1. The van der Waals surface area contributed by atoms with Crippen LogP contribution in [0, 0.1) is 12.8 Å². The van der Waals surface area contributed by atoms with Gasteiger partial charge in [-0.15, -0.1) is 6.58 Å². The van der Waals surface area contributed by atoms with E-state index in [-0.39, 0.29) is 6.61 Å². The van der Waals surface area contributed by atoms with E-state index in [1.165, 1.54) is 6.08 Å². The zero-order valence-corrected chi connectivity index (χ0v) is 13.0. The molecule has 0 spiro atoms. The minimum atomic E-state index is -3.57. The third kappa shape index (κ3) is 3.63. The van der Waals surface area contributed by atoms with Gasteiger partial charge in [-0.2, -0.15) is 0 Å². The van der Waals surface area contributed by atoms with E-state index in [0.717, 1.165) is 28.7 Å². The maximum atomic E-state index is 11.2. The molecule has 0 aliphatic carbocycles. The summed E-state index contributed by atoms with van der Waals surface area (Å²) in [6, 6.07) is 5.84. The molecule has 0 amide bonds. The fourth-order valence-corrected chi connectivity index (χ4v) is 2.76. The lowest BCUT2D eigenvalue weighted by molar-refractivity contribution is 0.0969. The average molecular weight is 309 g/mol. The molecule has 0 aliphatic heterocycles. The van der Waals surface area contributed by atoms with E-state index >= 15 is 0 Å². The molecule has 0 saturated carbocycles. The number of rotatable bonds is 6. The first kappa shape index (κ1) is 16.0. The zero-order valence-electron chi connectivity index (χ0n) is 12.1. The molecule has 0 radical (unpaired) electrons. The predicted octanol–water partition coefficient (Wildman–Crippen LogP) is 3.14. The van der Waals surface area contributed by atoms with E-state index in [0.29, 0.717) is 0 Å². The summed E-state index contributed by atoms with van der Waals surface area (Å²) in [5, 5.41) is 11.4. The number of fused-ring (bicyclic) bond motifs is 1. The summed E-state index contributed by atoms with van der Waals surface area (Å²) in [6.07, 6.45) is 2.43. The fourth-order valence-electron chi connectivity index (χ4n) is 2.32. The van der Waals surface area contributed by atoms with Gasteiger partial charge in [0.05, 0.1) is 12.7 Å². The summed E-state index contributed by atoms with van der Waals surface area (Å²) in [5.41, 5.74) is 2.79. The van der Waals surface area contributed by atoms with Crippen LogP contribution in [-0.4, -0.2) is 28.3 Å². The highest BCUT2D eigenvalue weighted by molar-refractivity contribution is 7.51. The molecule has 0 saturated heterocycles. The molecular formula is C15H20NO4P. The lowest BCUT2D eigenvalue weighted by Crippen LogP contribution is -2.15. The number of H-pyrrole nitrogens is 1. The Morgan fingerprint density at radius 1 is 1.52 bits per heavy atom. The molecular weight excluding hydrogens is 289 g/mol. The van der Waals surface area contributed by atoms with Crippen LogP contribution in [0.2, 0.25) is 0 Å². The van der Waals surface area contributed by atoms with Crippen molar-refractivity contribution < 1.29 is 19.1 Å². The number of aliphatic hydroxyl groups is 1. The van der Waals surface area contributed by atoms with Crippen molar-refractivity contribution in [2.45, 2.75) is 13.0 Å². The summed E-state index contributed by atoms with van der Waals surface area (Å²) in [6.45, 7) is 6.71. The molecule has 1 heterocycles. The van der Waals surface area contributed by atoms with Gasteiger partial charge in [0, 0.05) is 35.2 Å². The summed E-state index contributed by atoms with van der Waals surface area (Å²) in [4.78, 5) is 12.3. The number of hydrogen-bond donors (Lipinski definition) is 3. The Balaban J connectivity index is 2.27. The van der Waals surface area contributed by atoms with Crippen LogP contribution in [0.15, 0.2) is 37.1 Å². The maximum Gasteiger partial charge on any atom is 0.325 e. The lowest BCUT2D eigenvalue weighted by atomic mass is 9.96. The van der Waals surface area contributed by atoms with Crippen LogP contribution in [-0.2, 0) is 9.09 Å². The van der Waals surface area contributed by atoms with Crippen LogP contribution in [0.25, 0.3) is 10.9 Å². The summed E-state index contributed by atoms with van der Waals surface area (Å²) in [5.74, 6) is -0.468. The molecule has 2 aromatic rings. The van der Waals surface area contributed by atoms with Crippen LogP contribution in [0.3, 0.4) is 0 Å². The summed E-state index contributed by atoms with van der Waals surface area (Å²) >= 11 is 0. The van der Waals surface area contributed by atoms with Crippen molar-refractivity contribution in [3.8, 4) is 0 Å². The molecule has 114 valence electrons. The lowest BCUT2D eigenvalue weighted by Gasteiger charge is -2.20. The van der Waals surface area contributed by atoms with Crippen LogP contribution < -0.4 is 0 Å². The molecule has 3 atom stereocenters. The van der Waals surface area contributed by atoms with Gasteiger partial charge in [0.1, 0.15) is 0 Å². The Labute approximate surface area is 123 Å². The second-order valence-corrected chi connectivity index (χ2v) is 7.05. The SMILES string of the molecule is C=C[C@H](COP(C)(=O)O)[C@@H](O)c1c[nH]c2c(C)cccc12. The first-order valence-electron chi connectivity index (χ1n) is 6.65. The smallest absolute Gasteiger partial charge is 0.325 e. The highest BCUT2D eigenvalue weighted by atomic mass is 31.2. The summed E-state index contributed by atoms with van der Waals surface area (Å²) in [7, 11) is -3.57. The normalized spacial score (nSPS) is 17.3. The van der Waals surface area contributed by atoms with Crippen molar-refractivity contribution >= 4 is 18.5 Å². The van der Waals surface area contributed by atoms with Crippen molar-refractivity contribution in [2.24, 2.45) is 5.92 Å². The largest absolute Gasteiger partial charge is 0.388 e. The van der Waals surface area contributed by atoms with E-state index in [9.17, 15) is 14.6 Å².